The molecule has 5 aromatic carbocycles. The van der Waals surface area contributed by atoms with Gasteiger partial charge in [0.2, 0.25) is 5.82 Å². The number of hydrogen-bond acceptors (Lipinski definition) is 7. The van der Waals surface area contributed by atoms with E-state index < -0.39 is 5.54 Å². The molecule has 252 valence electrons. The number of hydrogen-bond donors (Lipinski definition) is 0. The highest BCUT2D eigenvalue weighted by molar-refractivity contribution is 5.94. The molecular weight excluding hydrogens is 633 g/mol. The number of ether oxygens (including phenoxy) is 1. The topological polar surface area (TPSA) is 86.0 Å². The van der Waals surface area contributed by atoms with Gasteiger partial charge in [-0.25, -0.2) is 9.78 Å². The van der Waals surface area contributed by atoms with Crippen LogP contribution in [0.5, 0.6) is 0 Å². The molecule has 0 amide bonds. The average Bonchev–Trinajstić information content (AvgIpc) is 3.69. The highest BCUT2D eigenvalue weighted by atomic mass is 16.5. The molecule has 0 aliphatic heterocycles. The zero-order valence-electron chi connectivity index (χ0n) is 28.6. The predicted molar refractivity (Wildman–Crippen MR) is 200 cm³/mol. The summed E-state index contributed by atoms with van der Waals surface area (Å²) in [5, 5.41) is 14.6. The van der Waals surface area contributed by atoms with Crippen LogP contribution in [-0.2, 0) is 16.8 Å². The molecule has 0 fully saturated rings. The second-order valence-corrected chi connectivity index (χ2v) is 12.1. The number of nitrogens with zero attached hydrogens (tertiary/aromatic N) is 6. The summed E-state index contributed by atoms with van der Waals surface area (Å²) in [7, 11) is 0. The van der Waals surface area contributed by atoms with Gasteiger partial charge in [0.05, 0.1) is 6.61 Å². The van der Waals surface area contributed by atoms with E-state index in [0.29, 0.717) is 36.9 Å². The lowest BCUT2D eigenvalue weighted by molar-refractivity contribution is 0.0526. The van der Waals surface area contributed by atoms with Gasteiger partial charge in [-0.3, -0.25) is 0 Å². The molecule has 7 aromatic rings. The number of esters is 1. The minimum atomic E-state index is -0.864. The summed E-state index contributed by atoms with van der Waals surface area (Å²) in [4.78, 5) is 21.0. The van der Waals surface area contributed by atoms with Crippen molar-refractivity contribution in [2.75, 3.05) is 18.1 Å². The molecule has 0 saturated carbocycles. The summed E-state index contributed by atoms with van der Waals surface area (Å²) < 4.78 is 5.29. The Morgan fingerprint density at radius 1 is 0.686 bits per heavy atom. The number of carbonyl (C=O) groups excluding carboxylic acids is 1. The van der Waals surface area contributed by atoms with Crippen molar-refractivity contribution in [3.63, 3.8) is 0 Å². The summed E-state index contributed by atoms with van der Waals surface area (Å²) in [5.41, 5.74) is 6.65. The Bertz CT molecular complexity index is 2110. The van der Waals surface area contributed by atoms with Gasteiger partial charge in [0.1, 0.15) is 11.4 Å². The van der Waals surface area contributed by atoms with Gasteiger partial charge in [-0.15, -0.1) is 15.0 Å². The number of pyridine rings is 1. The Morgan fingerprint density at radius 3 is 1.82 bits per heavy atom. The van der Waals surface area contributed by atoms with Gasteiger partial charge in [-0.05, 0) is 64.6 Å². The average molecular weight is 671 g/mol. The summed E-state index contributed by atoms with van der Waals surface area (Å²) >= 11 is 0. The Labute approximate surface area is 298 Å². The van der Waals surface area contributed by atoms with Crippen LogP contribution in [0.25, 0.3) is 22.5 Å². The van der Waals surface area contributed by atoms with E-state index in [2.05, 4.69) is 83.5 Å². The summed E-state index contributed by atoms with van der Waals surface area (Å²) in [6.07, 6.45) is 1.70. The highest BCUT2D eigenvalue weighted by Gasteiger charge is 2.41. The molecule has 8 nitrogen and oxygen atoms in total. The molecule has 7 rings (SSSR count). The maximum atomic E-state index is 12.7. The lowest BCUT2D eigenvalue weighted by atomic mass is 9.77. The van der Waals surface area contributed by atoms with E-state index in [-0.39, 0.29) is 5.97 Å². The molecule has 0 spiro atoms. The van der Waals surface area contributed by atoms with E-state index in [4.69, 9.17) is 20.1 Å². The first-order valence-corrected chi connectivity index (χ1v) is 17.2. The van der Waals surface area contributed by atoms with Crippen LogP contribution in [0, 0.1) is 0 Å². The van der Waals surface area contributed by atoms with E-state index in [1.54, 1.807) is 30.0 Å². The third-order valence-corrected chi connectivity index (χ3v) is 9.06. The number of tetrazole rings is 1. The fourth-order valence-corrected chi connectivity index (χ4v) is 6.64. The smallest absolute Gasteiger partial charge is 0.341 e. The van der Waals surface area contributed by atoms with Crippen molar-refractivity contribution in [3.8, 4) is 22.5 Å². The normalized spacial score (nSPS) is 11.3. The Morgan fingerprint density at radius 2 is 1.25 bits per heavy atom. The Kier molecular flexibility index (Phi) is 9.74. The highest BCUT2D eigenvalue weighted by Crippen LogP contribution is 2.40. The van der Waals surface area contributed by atoms with Crippen molar-refractivity contribution >= 4 is 11.8 Å². The summed E-state index contributed by atoms with van der Waals surface area (Å²) in [6.45, 7) is 5.42. The SMILES string of the molecule is CCOC(=O)c1cccnc1N(CC)Cc1ccc(-c2ccccc2-c2nnn(C(c3ccccc3)(c3ccccc3)c3ccccc3)n2)cc1. The summed E-state index contributed by atoms with van der Waals surface area (Å²) in [5.74, 6) is 0.769. The van der Waals surface area contributed by atoms with Crippen LogP contribution in [0.3, 0.4) is 0 Å². The molecular formula is C43H38N6O2. The second-order valence-electron chi connectivity index (χ2n) is 12.1. The molecule has 51 heavy (non-hydrogen) atoms. The van der Waals surface area contributed by atoms with Gasteiger partial charge in [0.25, 0.3) is 0 Å². The van der Waals surface area contributed by atoms with Gasteiger partial charge in [-0.1, -0.05) is 140 Å². The lowest BCUT2D eigenvalue weighted by Crippen LogP contribution is -2.39. The molecule has 8 heteroatoms. The zero-order chi connectivity index (χ0) is 35.0. The lowest BCUT2D eigenvalue weighted by Gasteiger charge is -2.34. The number of rotatable bonds is 12. The molecule has 0 N–H and O–H groups in total. The molecule has 0 bridgehead atoms. The van der Waals surface area contributed by atoms with Crippen molar-refractivity contribution < 1.29 is 9.53 Å². The first-order valence-electron chi connectivity index (χ1n) is 17.2. The van der Waals surface area contributed by atoms with Crippen LogP contribution < -0.4 is 4.90 Å². The van der Waals surface area contributed by atoms with Gasteiger partial charge in [0, 0.05) is 24.8 Å². The first kappa shape index (κ1) is 33.1. The van der Waals surface area contributed by atoms with Gasteiger partial charge < -0.3 is 9.64 Å². The van der Waals surface area contributed by atoms with Gasteiger partial charge in [0.15, 0.2) is 5.54 Å². The van der Waals surface area contributed by atoms with E-state index in [9.17, 15) is 4.79 Å². The van der Waals surface area contributed by atoms with Crippen LogP contribution in [0.2, 0.25) is 0 Å². The third-order valence-electron chi connectivity index (χ3n) is 9.06. The molecule has 0 saturated heterocycles. The fraction of sp³-hybridized carbons (Fsp3) is 0.140. The van der Waals surface area contributed by atoms with Crippen LogP contribution in [0.15, 0.2) is 158 Å². The van der Waals surface area contributed by atoms with Crippen molar-refractivity contribution in [2.45, 2.75) is 25.9 Å². The van der Waals surface area contributed by atoms with Crippen LogP contribution in [0.1, 0.15) is 46.5 Å². The van der Waals surface area contributed by atoms with Gasteiger partial charge in [-0.2, -0.15) is 0 Å². The fourth-order valence-electron chi connectivity index (χ4n) is 6.64. The maximum absolute atomic E-state index is 12.7. The largest absolute Gasteiger partial charge is 0.462 e. The minimum absolute atomic E-state index is 0.308. The number of benzene rings is 5. The van der Waals surface area contributed by atoms with Crippen molar-refractivity contribution in [1.82, 2.24) is 25.2 Å². The summed E-state index contributed by atoms with van der Waals surface area (Å²) in [6, 6.07) is 51.1. The minimum Gasteiger partial charge on any atom is -0.462 e. The van der Waals surface area contributed by atoms with Crippen LogP contribution in [-0.4, -0.2) is 44.3 Å². The van der Waals surface area contributed by atoms with Crippen molar-refractivity contribution in [3.05, 3.63) is 186 Å². The molecule has 0 unspecified atom stereocenters. The molecule has 0 radical (unpaired) electrons. The van der Waals surface area contributed by atoms with E-state index >= 15 is 0 Å². The molecule has 2 heterocycles. The van der Waals surface area contributed by atoms with Crippen molar-refractivity contribution in [2.24, 2.45) is 0 Å². The molecule has 2 aromatic heterocycles. The zero-order valence-corrected chi connectivity index (χ0v) is 28.6. The first-order chi connectivity index (χ1) is 25.1. The maximum Gasteiger partial charge on any atom is 0.341 e. The van der Waals surface area contributed by atoms with Crippen LogP contribution in [0.4, 0.5) is 5.82 Å². The number of carbonyl (C=O) groups is 1. The Hall–Kier alpha value is -6.41. The number of anilines is 1. The third kappa shape index (κ3) is 6.51. The van der Waals surface area contributed by atoms with E-state index in [1.807, 2.05) is 72.8 Å². The van der Waals surface area contributed by atoms with Crippen molar-refractivity contribution in [1.29, 1.82) is 0 Å². The Balaban J connectivity index is 1.24. The quantitative estimate of drug-likeness (QED) is 0.0953. The van der Waals surface area contributed by atoms with E-state index in [1.165, 1.54) is 0 Å². The van der Waals surface area contributed by atoms with Gasteiger partial charge >= 0.3 is 5.97 Å². The predicted octanol–water partition coefficient (Wildman–Crippen LogP) is 8.45. The molecule has 0 aliphatic carbocycles. The standard InChI is InChI=1S/C43H38N6O2/c1-3-48(41-39(25-16-30-44-41)42(50)51-4-2)31-32-26-28-33(29-27-32)37-23-14-15-24-38(37)40-45-47-49(46-40)43(34-17-8-5-9-18-34,35-19-10-6-11-20-35)36-21-12-7-13-22-36/h5-30H,3-4,31H2,1-2H3. The molecule has 0 aliphatic rings. The van der Waals surface area contributed by atoms with Crippen LogP contribution >= 0.6 is 0 Å². The monoisotopic (exact) mass is 670 g/mol. The number of aromatic nitrogens is 5. The molecule has 0 atom stereocenters. The van der Waals surface area contributed by atoms with E-state index in [0.717, 1.165) is 38.9 Å². The second kappa shape index (κ2) is 15.0.